The number of carboxylic acids is 1. The molecule has 0 aliphatic carbocycles. The molecule has 130 valence electrons. The first kappa shape index (κ1) is 18.0. The van der Waals surface area contributed by atoms with E-state index in [9.17, 15) is 22.8 Å². The van der Waals surface area contributed by atoms with Crippen LogP contribution in [0.5, 0.6) is 0 Å². The average Bonchev–Trinajstić information content (AvgIpc) is 2.79. The number of amides is 1. The Hall–Kier alpha value is -2.36. The summed E-state index contributed by atoms with van der Waals surface area (Å²) >= 11 is 0.711. The molecule has 0 radical (unpaired) electrons. The van der Waals surface area contributed by atoms with E-state index in [1.54, 1.807) is 6.92 Å². The van der Waals surface area contributed by atoms with Crippen molar-refractivity contribution in [3.8, 4) is 0 Å². The van der Waals surface area contributed by atoms with Crippen LogP contribution in [0.25, 0.3) is 10.2 Å². The standard InChI is InChI=1S/C14H14F3N3O3S/c1-3-6-5(2)9(14(15,16)17)8-10(18)11(24-13(8)20-6)12(23)19-4-7(21)22/h3-4,18H2,1-2H3,(H,19,23)(H,21,22). The molecule has 0 saturated carbocycles. The van der Waals surface area contributed by atoms with Crippen LogP contribution in [0.15, 0.2) is 0 Å². The van der Waals surface area contributed by atoms with Crippen LogP contribution in [0.1, 0.15) is 33.4 Å². The molecule has 0 saturated heterocycles. The number of nitrogens with zero attached hydrogens (tertiary/aromatic N) is 1. The van der Waals surface area contributed by atoms with Gasteiger partial charge in [0, 0.05) is 11.1 Å². The van der Waals surface area contributed by atoms with E-state index in [1.165, 1.54) is 6.92 Å². The Morgan fingerprint density at radius 2 is 2.00 bits per heavy atom. The van der Waals surface area contributed by atoms with Gasteiger partial charge in [-0.25, -0.2) is 4.98 Å². The molecule has 2 rings (SSSR count). The molecule has 0 aliphatic heterocycles. The lowest BCUT2D eigenvalue weighted by atomic mass is 10.0. The van der Waals surface area contributed by atoms with Gasteiger partial charge in [-0.05, 0) is 18.9 Å². The molecule has 0 atom stereocenters. The number of fused-ring (bicyclic) bond motifs is 1. The number of hydrogen-bond donors (Lipinski definition) is 3. The van der Waals surface area contributed by atoms with Crippen LogP contribution in [-0.2, 0) is 17.4 Å². The number of carboxylic acid groups (broad SMARTS) is 1. The van der Waals surface area contributed by atoms with E-state index in [0.717, 1.165) is 0 Å². The zero-order valence-electron chi connectivity index (χ0n) is 12.7. The molecule has 0 aliphatic rings. The topological polar surface area (TPSA) is 105 Å². The maximum absolute atomic E-state index is 13.5. The summed E-state index contributed by atoms with van der Waals surface area (Å²) in [5.74, 6) is -2.12. The predicted octanol–water partition coefficient (Wildman–Crippen LogP) is 2.58. The maximum atomic E-state index is 13.5. The molecule has 1 amide bonds. The number of halogens is 3. The lowest BCUT2D eigenvalue weighted by molar-refractivity contribution is -0.137. The first-order chi connectivity index (χ1) is 11.1. The lowest BCUT2D eigenvalue weighted by Gasteiger charge is -2.14. The zero-order valence-corrected chi connectivity index (χ0v) is 13.6. The van der Waals surface area contributed by atoms with E-state index < -0.39 is 30.2 Å². The number of nitrogens with two attached hydrogens (primary N) is 1. The molecule has 2 aromatic heterocycles. The van der Waals surface area contributed by atoms with Gasteiger partial charge in [-0.15, -0.1) is 11.3 Å². The van der Waals surface area contributed by atoms with Gasteiger partial charge in [0.25, 0.3) is 5.91 Å². The summed E-state index contributed by atoms with van der Waals surface area (Å²) in [6.07, 6.45) is -4.36. The largest absolute Gasteiger partial charge is 0.480 e. The Morgan fingerprint density at radius 3 is 2.50 bits per heavy atom. The second kappa shape index (κ2) is 6.27. The van der Waals surface area contributed by atoms with Gasteiger partial charge in [-0.2, -0.15) is 13.2 Å². The second-order valence-corrected chi connectivity index (χ2v) is 6.01. The van der Waals surface area contributed by atoms with E-state index in [2.05, 4.69) is 10.3 Å². The van der Waals surface area contributed by atoms with Crippen LogP contribution in [0.3, 0.4) is 0 Å². The van der Waals surface area contributed by atoms with Crippen molar-refractivity contribution in [3.63, 3.8) is 0 Å². The molecule has 0 spiro atoms. The maximum Gasteiger partial charge on any atom is 0.417 e. The van der Waals surface area contributed by atoms with Gasteiger partial charge in [0.15, 0.2) is 0 Å². The molecular formula is C14H14F3N3O3S. The number of rotatable bonds is 4. The molecule has 2 heterocycles. The number of hydrogen-bond acceptors (Lipinski definition) is 5. The highest BCUT2D eigenvalue weighted by molar-refractivity contribution is 7.21. The third-order valence-electron chi connectivity index (χ3n) is 3.45. The van der Waals surface area contributed by atoms with Gasteiger partial charge in [0.05, 0.1) is 11.3 Å². The number of thiophene rings is 1. The van der Waals surface area contributed by atoms with Crippen LogP contribution in [-0.4, -0.2) is 28.5 Å². The van der Waals surface area contributed by atoms with E-state index in [-0.39, 0.29) is 32.0 Å². The summed E-state index contributed by atoms with van der Waals surface area (Å²) in [5.41, 5.74) is 4.76. The molecule has 0 fully saturated rings. The first-order valence-corrected chi connectivity index (χ1v) is 7.68. The molecule has 6 nitrogen and oxygen atoms in total. The molecule has 4 N–H and O–H groups in total. The quantitative estimate of drug-likeness (QED) is 0.776. The fourth-order valence-electron chi connectivity index (χ4n) is 2.39. The van der Waals surface area contributed by atoms with E-state index in [1.807, 2.05) is 0 Å². The average molecular weight is 361 g/mol. The van der Waals surface area contributed by atoms with Crippen molar-refractivity contribution in [2.24, 2.45) is 0 Å². The molecular weight excluding hydrogens is 347 g/mol. The number of aryl methyl sites for hydroxylation is 1. The van der Waals surface area contributed by atoms with E-state index in [4.69, 9.17) is 10.8 Å². The minimum absolute atomic E-state index is 0.00255. The Bertz CT molecular complexity index is 830. The summed E-state index contributed by atoms with van der Waals surface area (Å²) in [7, 11) is 0. The molecule has 0 unspecified atom stereocenters. The van der Waals surface area contributed by atoms with Gasteiger partial charge in [0.1, 0.15) is 16.3 Å². The van der Waals surface area contributed by atoms with Crippen molar-refractivity contribution in [1.82, 2.24) is 10.3 Å². The van der Waals surface area contributed by atoms with Crippen LogP contribution in [0.4, 0.5) is 18.9 Å². The summed E-state index contributed by atoms with van der Waals surface area (Å²) in [6, 6.07) is 0. The number of nitrogens with one attached hydrogen (secondary N) is 1. The Morgan fingerprint density at radius 1 is 1.38 bits per heavy atom. The molecule has 0 aromatic carbocycles. The van der Waals surface area contributed by atoms with E-state index >= 15 is 0 Å². The van der Waals surface area contributed by atoms with Crippen molar-refractivity contribution >= 4 is 39.1 Å². The first-order valence-electron chi connectivity index (χ1n) is 6.86. The fraction of sp³-hybridized carbons (Fsp3) is 0.357. The minimum Gasteiger partial charge on any atom is -0.480 e. The van der Waals surface area contributed by atoms with E-state index in [0.29, 0.717) is 17.8 Å². The number of carbonyl (C=O) groups is 2. The number of pyridine rings is 1. The smallest absolute Gasteiger partial charge is 0.417 e. The molecule has 10 heteroatoms. The minimum atomic E-state index is -4.65. The number of anilines is 1. The second-order valence-electron chi connectivity index (χ2n) is 5.01. The normalized spacial score (nSPS) is 11.7. The van der Waals surface area contributed by atoms with Crippen LogP contribution < -0.4 is 11.1 Å². The Kier molecular flexibility index (Phi) is 4.70. The number of aromatic nitrogens is 1. The van der Waals surface area contributed by atoms with Gasteiger partial charge in [-0.1, -0.05) is 6.92 Å². The highest BCUT2D eigenvalue weighted by atomic mass is 32.1. The van der Waals surface area contributed by atoms with Gasteiger partial charge in [-0.3, -0.25) is 9.59 Å². The number of carbonyl (C=O) groups excluding carboxylic acids is 1. The molecule has 24 heavy (non-hydrogen) atoms. The summed E-state index contributed by atoms with van der Waals surface area (Å²) in [6.45, 7) is 2.33. The summed E-state index contributed by atoms with van der Waals surface area (Å²) < 4.78 is 40.4. The van der Waals surface area contributed by atoms with Crippen molar-refractivity contribution in [1.29, 1.82) is 0 Å². The third-order valence-corrected chi connectivity index (χ3v) is 4.54. The van der Waals surface area contributed by atoms with Crippen LogP contribution >= 0.6 is 11.3 Å². The summed E-state index contributed by atoms with van der Waals surface area (Å²) in [5, 5.41) is 10.3. The van der Waals surface area contributed by atoms with Crippen molar-refractivity contribution in [2.45, 2.75) is 26.4 Å². The van der Waals surface area contributed by atoms with Crippen LogP contribution in [0.2, 0.25) is 0 Å². The number of aliphatic carboxylic acids is 1. The predicted molar refractivity (Wildman–Crippen MR) is 83.1 cm³/mol. The summed E-state index contributed by atoms with van der Waals surface area (Å²) in [4.78, 5) is 26.5. The molecule has 2 aromatic rings. The molecule has 0 bridgehead atoms. The van der Waals surface area contributed by atoms with Crippen LogP contribution in [0, 0.1) is 6.92 Å². The van der Waals surface area contributed by atoms with Crippen molar-refractivity contribution in [3.05, 3.63) is 21.7 Å². The van der Waals surface area contributed by atoms with Gasteiger partial charge >= 0.3 is 12.1 Å². The van der Waals surface area contributed by atoms with Crippen molar-refractivity contribution < 1.29 is 27.9 Å². The third kappa shape index (κ3) is 3.14. The Balaban J connectivity index is 2.70. The van der Waals surface area contributed by atoms with Crippen molar-refractivity contribution in [2.75, 3.05) is 12.3 Å². The highest BCUT2D eigenvalue weighted by Crippen LogP contribution is 2.44. The zero-order chi connectivity index (χ0) is 18.2. The monoisotopic (exact) mass is 361 g/mol. The SMILES string of the molecule is CCc1nc2sc(C(=O)NCC(=O)O)c(N)c2c(C(F)(F)F)c1C. The lowest BCUT2D eigenvalue weighted by Crippen LogP contribution is -2.29. The highest BCUT2D eigenvalue weighted by Gasteiger charge is 2.38. The number of alkyl halides is 3. The van der Waals surface area contributed by atoms with Gasteiger partial charge < -0.3 is 16.2 Å². The Labute approximate surface area is 138 Å². The van der Waals surface area contributed by atoms with Gasteiger partial charge in [0.2, 0.25) is 0 Å². The fourth-order valence-corrected chi connectivity index (χ4v) is 3.43. The number of nitrogen functional groups attached to an aromatic ring is 1.